The zero-order chi connectivity index (χ0) is 14.3. The van der Waals surface area contributed by atoms with E-state index in [0.29, 0.717) is 43.6 Å². The summed E-state index contributed by atoms with van der Waals surface area (Å²) >= 11 is 2.13. The Balaban J connectivity index is 2.62. The van der Waals surface area contributed by atoms with E-state index in [-0.39, 0.29) is 5.43 Å². The van der Waals surface area contributed by atoms with E-state index in [2.05, 4.69) is 22.6 Å². The van der Waals surface area contributed by atoms with Gasteiger partial charge in [-0.05, 0) is 6.07 Å². The topological polar surface area (TPSA) is 61.8 Å². The van der Waals surface area contributed by atoms with Crippen molar-refractivity contribution in [3.8, 4) is 11.5 Å². The molecule has 3 aromatic rings. The number of hydrogen-bond donors (Lipinski definition) is 0. The molecule has 0 saturated carbocycles. The van der Waals surface area contributed by atoms with Crippen LogP contribution in [0.3, 0.4) is 0 Å². The van der Waals surface area contributed by atoms with Crippen molar-refractivity contribution in [3.05, 3.63) is 34.4 Å². The molecule has 0 fully saturated rings. The predicted molar refractivity (Wildman–Crippen MR) is 83.1 cm³/mol. The third kappa shape index (κ3) is 1.78. The molecule has 20 heavy (non-hydrogen) atoms. The molecular weight excluding hydrogens is 375 g/mol. The summed E-state index contributed by atoms with van der Waals surface area (Å²) in [7, 11) is 3.03. The minimum atomic E-state index is -0.156. The van der Waals surface area contributed by atoms with E-state index in [1.54, 1.807) is 6.07 Å². The highest BCUT2D eigenvalue weighted by Crippen LogP contribution is 2.41. The molecule has 0 aliphatic carbocycles. The Labute approximate surface area is 127 Å². The molecule has 5 nitrogen and oxygen atoms in total. The van der Waals surface area contributed by atoms with E-state index in [1.165, 1.54) is 26.5 Å². The largest absolute Gasteiger partial charge is 0.495 e. The zero-order valence-electron chi connectivity index (χ0n) is 10.9. The fourth-order valence-corrected chi connectivity index (χ4v) is 2.66. The van der Waals surface area contributed by atoms with Gasteiger partial charge in [0, 0.05) is 6.07 Å². The predicted octanol–water partition coefficient (Wildman–Crippen LogP) is 3.49. The lowest BCUT2D eigenvalue weighted by Gasteiger charge is -2.10. The summed E-state index contributed by atoms with van der Waals surface area (Å²) in [5, 5.41) is 1.05. The minimum Gasteiger partial charge on any atom is -0.495 e. The van der Waals surface area contributed by atoms with Gasteiger partial charge in [-0.1, -0.05) is 22.6 Å². The lowest BCUT2D eigenvalue weighted by molar-refractivity contribution is 0.398. The molecule has 0 amide bonds. The van der Waals surface area contributed by atoms with Gasteiger partial charge >= 0.3 is 0 Å². The van der Waals surface area contributed by atoms with Crippen molar-refractivity contribution in [2.24, 2.45) is 0 Å². The average molecular weight is 386 g/mol. The Hall–Kier alpha value is -1.70. The van der Waals surface area contributed by atoms with Gasteiger partial charge in [-0.25, -0.2) is 0 Å². The molecule has 3 rings (SSSR count). The van der Waals surface area contributed by atoms with Crippen LogP contribution in [-0.4, -0.2) is 14.2 Å². The van der Waals surface area contributed by atoms with Gasteiger partial charge in [0.25, 0.3) is 0 Å². The Morgan fingerprint density at radius 3 is 2.60 bits per heavy atom. The van der Waals surface area contributed by atoms with Crippen LogP contribution in [0, 0.1) is 0 Å². The standard InChI is InChI=1S/C14H11IO5/c1-17-11-8-3-4-19-12(8)14(18-2)13-10(11)9(16)5-7(6-15)20-13/h3-5H,6H2,1-2H3. The monoisotopic (exact) mass is 386 g/mol. The zero-order valence-corrected chi connectivity index (χ0v) is 13.0. The molecule has 1 aromatic carbocycles. The normalized spacial score (nSPS) is 11.2. The van der Waals surface area contributed by atoms with Gasteiger partial charge in [0.05, 0.1) is 30.3 Å². The Bertz CT molecular complexity index is 846. The number of methoxy groups -OCH3 is 2. The summed E-state index contributed by atoms with van der Waals surface area (Å²) in [6.45, 7) is 0. The number of rotatable bonds is 3. The molecule has 104 valence electrons. The van der Waals surface area contributed by atoms with Crippen molar-refractivity contribution < 1.29 is 18.3 Å². The summed E-state index contributed by atoms with van der Waals surface area (Å²) in [6.07, 6.45) is 1.53. The Kier molecular flexibility index (Phi) is 3.33. The average Bonchev–Trinajstić information content (AvgIpc) is 2.93. The van der Waals surface area contributed by atoms with Crippen LogP contribution in [0.5, 0.6) is 11.5 Å². The third-order valence-corrected chi connectivity index (χ3v) is 3.84. The molecule has 0 spiro atoms. The Morgan fingerprint density at radius 1 is 1.20 bits per heavy atom. The molecule has 0 aliphatic rings. The molecule has 0 saturated heterocycles. The second-order valence-electron chi connectivity index (χ2n) is 4.14. The van der Waals surface area contributed by atoms with E-state index in [0.717, 1.165) is 0 Å². The first-order valence-electron chi connectivity index (χ1n) is 5.85. The van der Waals surface area contributed by atoms with Crippen molar-refractivity contribution in [2.45, 2.75) is 4.43 Å². The Morgan fingerprint density at radius 2 is 1.95 bits per heavy atom. The molecule has 0 unspecified atom stereocenters. The lowest BCUT2D eigenvalue weighted by atomic mass is 10.1. The van der Waals surface area contributed by atoms with Gasteiger partial charge in [0.15, 0.2) is 16.6 Å². The molecule has 2 heterocycles. The van der Waals surface area contributed by atoms with Crippen LogP contribution in [0.25, 0.3) is 21.9 Å². The van der Waals surface area contributed by atoms with Crippen LogP contribution in [0.15, 0.2) is 32.0 Å². The molecule has 0 aliphatic heterocycles. The molecule has 2 aromatic heterocycles. The van der Waals surface area contributed by atoms with Crippen molar-refractivity contribution in [1.82, 2.24) is 0 Å². The van der Waals surface area contributed by atoms with Gasteiger partial charge < -0.3 is 18.3 Å². The van der Waals surface area contributed by atoms with E-state index >= 15 is 0 Å². The number of fused-ring (bicyclic) bond motifs is 2. The van der Waals surface area contributed by atoms with E-state index in [4.69, 9.17) is 18.3 Å². The van der Waals surface area contributed by atoms with Crippen LogP contribution in [0.2, 0.25) is 0 Å². The molecule has 0 atom stereocenters. The minimum absolute atomic E-state index is 0.156. The highest BCUT2D eigenvalue weighted by Gasteiger charge is 2.22. The van der Waals surface area contributed by atoms with Gasteiger partial charge in [0.2, 0.25) is 5.75 Å². The maximum atomic E-state index is 12.3. The summed E-state index contributed by atoms with van der Waals surface area (Å²) in [5.74, 6) is 1.43. The number of alkyl halides is 1. The van der Waals surface area contributed by atoms with Crippen molar-refractivity contribution in [2.75, 3.05) is 14.2 Å². The van der Waals surface area contributed by atoms with Crippen LogP contribution in [-0.2, 0) is 4.43 Å². The van der Waals surface area contributed by atoms with Gasteiger partial charge in [0.1, 0.15) is 16.9 Å². The van der Waals surface area contributed by atoms with E-state index in [1.807, 2.05) is 0 Å². The highest BCUT2D eigenvalue weighted by molar-refractivity contribution is 14.1. The first-order chi connectivity index (χ1) is 9.71. The number of ether oxygens (including phenoxy) is 2. The van der Waals surface area contributed by atoms with Crippen molar-refractivity contribution in [3.63, 3.8) is 0 Å². The molecule has 0 radical (unpaired) electrons. The summed E-state index contributed by atoms with van der Waals surface area (Å²) < 4.78 is 22.5. The number of halogens is 1. The fraction of sp³-hybridized carbons (Fsp3) is 0.214. The van der Waals surface area contributed by atoms with Crippen LogP contribution in [0.1, 0.15) is 5.76 Å². The molecule has 0 N–H and O–H groups in total. The van der Waals surface area contributed by atoms with Crippen molar-refractivity contribution >= 4 is 44.5 Å². The number of hydrogen-bond acceptors (Lipinski definition) is 5. The second kappa shape index (κ2) is 5.01. The quantitative estimate of drug-likeness (QED) is 0.510. The third-order valence-electron chi connectivity index (χ3n) is 3.09. The van der Waals surface area contributed by atoms with E-state index < -0.39 is 0 Å². The number of benzene rings is 1. The van der Waals surface area contributed by atoms with E-state index in [9.17, 15) is 4.79 Å². The first kappa shape index (κ1) is 13.3. The SMILES string of the molecule is COc1c2occc2c(OC)c2c(=O)cc(CI)oc12. The lowest BCUT2D eigenvalue weighted by Crippen LogP contribution is -2.05. The second-order valence-corrected chi connectivity index (χ2v) is 4.91. The summed E-state index contributed by atoms with van der Waals surface area (Å²) in [4.78, 5) is 12.3. The fourth-order valence-electron chi connectivity index (χ4n) is 2.28. The maximum Gasteiger partial charge on any atom is 0.206 e. The summed E-state index contributed by atoms with van der Waals surface area (Å²) in [5.41, 5.74) is 0.702. The molecular formula is C14H11IO5. The maximum absolute atomic E-state index is 12.3. The molecule has 0 bridgehead atoms. The molecule has 6 heteroatoms. The van der Waals surface area contributed by atoms with Crippen LogP contribution < -0.4 is 14.9 Å². The number of furan rings is 1. The summed E-state index contributed by atoms with van der Waals surface area (Å²) in [6, 6.07) is 3.21. The van der Waals surface area contributed by atoms with Crippen LogP contribution in [0.4, 0.5) is 0 Å². The highest BCUT2D eigenvalue weighted by atomic mass is 127. The van der Waals surface area contributed by atoms with Gasteiger partial charge in [-0.3, -0.25) is 4.79 Å². The smallest absolute Gasteiger partial charge is 0.206 e. The van der Waals surface area contributed by atoms with Gasteiger partial charge in [-0.15, -0.1) is 0 Å². The van der Waals surface area contributed by atoms with Crippen molar-refractivity contribution in [1.29, 1.82) is 0 Å². The first-order valence-corrected chi connectivity index (χ1v) is 7.37. The van der Waals surface area contributed by atoms with Gasteiger partial charge in [-0.2, -0.15) is 0 Å². The van der Waals surface area contributed by atoms with Crippen LogP contribution >= 0.6 is 22.6 Å².